The van der Waals surface area contributed by atoms with E-state index >= 15 is 0 Å². The Balaban J connectivity index is 1.88. The molecule has 0 heterocycles. The lowest BCUT2D eigenvalue weighted by atomic mass is 10.1. The highest BCUT2D eigenvalue weighted by atomic mass is 35.5. The van der Waals surface area contributed by atoms with Gasteiger partial charge in [0.2, 0.25) is 0 Å². The van der Waals surface area contributed by atoms with Crippen molar-refractivity contribution in [3.05, 3.63) is 58.1 Å². The maximum atomic E-state index is 12.2. The van der Waals surface area contributed by atoms with E-state index in [1.807, 2.05) is 45.0 Å². The van der Waals surface area contributed by atoms with Gasteiger partial charge in [0.25, 0.3) is 5.91 Å². The molecule has 0 aromatic heterocycles. The SMILES string of the molecule is Cc1cccc(NC(=S)NNC(=O)[C@H](C)Oc2c(C)cc(Cl)cc2C)c1. The minimum absolute atomic E-state index is 0.287. The quantitative estimate of drug-likeness (QED) is 0.542. The highest BCUT2D eigenvalue weighted by molar-refractivity contribution is 7.80. The van der Waals surface area contributed by atoms with Crippen LogP contribution in [0.2, 0.25) is 5.02 Å². The number of carbonyl (C=O) groups excluding carboxylic acids is 1. The number of hydrazine groups is 1. The average molecular weight is 392 g/mol. The van der Waals surface area contributed by atoms with E-state index in [9.17, 15) is 4.79 Å². The molecule has 7 heteroatoms. The highest BCUT2D eigenvalue weighted by Gasteiger charge is 2.17. The molecule has 0 fully saturated rings. The van der Waals surface area contributed by atoms with Crippen molar-refractivity contribution >= 4 is 40.5 Å². The second-order valence-electron chi connectivity index (χ2n) is 6.07. The first-order valence-electron chi connectivity index (χ1n) is 8.13. The summed E-state index contributed by atoms with van der Waals surface area (Å²) in [5, 5.41) is 3.93. The third-order valence-corrected chi connectivity index (χ3v) is 4.09. The van der Waals surface area contributed by atoms with Crippen molar-refractivity contribution < 1.29 is 9.53 Å². The van der Waals surface area contributed by atoms with E-state index in [2.05, 4.69) is 16.2 Å². The van der Waals surface area contributed by atoms with Gasteiger partial charge < -0.3 is 10.1 Å². The van der Waals surface area contributed by atoms with Crippen LogP contribution in [0, 0.1) is 20.8 Å². The number of nitrogens with one attached hydrogen (secondary N) is 3. The van der Waals surface area contributed by atoms with Gasteiger partial charge in [-0.15, -0.1) is 0 Å². The molecule has 0 aliphatic heterocycles. The minimum atomic E-state index is -0.706. The summed E-state index contributed by atoms with van der Waals surface area (Å²) in [5.74, 6) is 0.310. The topological polar surface area (TPSA) is 62.4 Å². The minimum Gasteiger partial charge on any atom is -0.480 e. The van der Waals surface area contributed by atoms with Crippen molar-refractivity contribution in [2.24, 2.45) is 0 Å². The average Bonchev–Trinajstić information content (AvgIpc) is 2.55. The predicted octanol–water partition coefficient (Wildman–Crippen LogP) is 4.05. The summed E-state index contributed by atoms with van der Waals surface area (Å²) in [4.78, 5) is 12.2. The second kappa shape index (κ2) is 8.87. The van der Waals surface area contributed by atoms with Crippen molar-refractivity contribution in [3.63, 3.8) is 0 Å². The molecule has 0 aliphatic carbocycles. The Morgan fingerprint density at radius 3 is 2.38 bits per heavy atom. The van der Waals surface area contributed by atoms with Crippen LogP contribution in [0.5, 0.6) is 5.75 Å². The predicted molar refractivity (Wildman–Crippen MR) is 110 cm³/mol. The van der Waals surface area contributed by atoms with Gasteiger partial charge >= 0.3 is 0 Å². The number of carbonyl (C=O) groups is 1. The number of anilines is 1. The Morgan fingerprint density at radius 1 is 1.12 bits per heavy atom. The standard InChI is InChI=1S/C19H22ClN3O2S/c1-11-6-5-7-16(8-11)21-19(26)23-22-18(24)14(4)25-17-12(2)9-15(20)10-13(17)3/h5-10,14H,1-4H3,(H,22,24)(H2,21,23,26)/t14-/m0/s1. The number of rotatable bonds is 4. The third kappa shape index (κ3) is 5.61. The molecule has 0 saturated heterocycles. The molecule has 0 saturated carbocycles. The van der Waals surface area contributed by atoms with Crippen molar-refractivity contribution in [1.82, 2.24) is 10.9 Å². The molecule has 5 nitrogen and oxygen atoms in total. The molecule has 0 spiro atoms. The van der Waals surface area contributed by atoms with E-state index in [1.165, 1.54) is 0 Å². The van der Waals surface area contributed by atoms with Gasteiger partial charge in [0, 0.05) is 10.7 Å². The van der Waals surface area contributed by atoms with Crippen LogP contribution in [-0.4, -0.2) is 17.1 Å². The van der Waals surface area contributed by atoms with Crippen molar-refractivity contribution in [2.75, 3.05) is 5.32 Å². The Morgan fingerprint density at radius 2 is 1.77 bits per heavy atom. The fraction of sp³-hybridized carbons (Fsp3) is 0.263. The van der Waals surface area contributed by atoms with E-state index < -0.39 is 6.10 Å². The number of benzene rings is 2. The number of ether oxygens (including phenoxy) is 1. The molecule has 0 radical (unpaired) electrons. The summed E-state index contributed by atoms with van der Waals surface area (Å²) in [7, 11) is 0. The Bertz CT molecular complexity index is 803. The molecule has 2 aromatic carbocycles. The van der Waals surface area contributed by atoms with Crippen LogP contribution in [0.4, 0.5) is 5.69 Å². The molecule has 1 atom stereocenters. The third-order valence-electron chi connectivity index (χ3n) is 3.66. The Hall–Kier alpha value is -2.31. The Labute approximate surface area is 164 Å². The smallest absolute Gasteiger partial charge is 0.279 e. The van der Waals surface area contributed by atoms with Crippen LogP contribution in [0.3, 0.4) is 0 Å². The van der Waals surface area contributed by atoms with Gasteiger partial charge in [0.1, 0.15) is 5.75 Å². The molecule has 2 rings (SSSR count). The van der Waals surface area contributed by atoms with Crippen LogP contribution < -0.4 is 20.9 Å². The molecule has 2 aromatic rings. The first kappa shape index (κ1) is 20.0. The van der Waals surface area contributed by atoms with Gasteiger partial charge in [-0.25, -0.2) is 0 Å². The maximum Gasteiger partial charge on any atom is 0.279 e. The fourth-order valence-corrected chi connectivity index (χ4v) is 2.91. The molecule has 1 amide bonds. The summed E-state index contributed by atoms with van der Waals surface area (Å²) in [6, 6.07) is 11.4. The zero-order chi connectivity index (χ0) is 19.3. The van der Waals surface area contributed by atoms with Crippen LogP contribution >= 0.6 is 23.8 Å². The Kier molecular flexibility index (Phi) is 6.83. The largest absolute Gasteiger partial charge is 0.480 e. The van der Waals surface area contributed by atoms with Gasteiger partial charge in [-0.3, -0.25) is 15.6 Å². The fourth-order valence-electron chi connectivity index (χ4n) is 2.42. The molecule has 0 unspecified atom stereocenters. The van der Waals surface area contributed by atoms with Crippen LogP contribution in [0.25, 0.3) is 0 Å². The monoisotopic (exact) mass is 391 g/mol. The van der Waals surface area contributed by atoms with Gasteiger partial charge in [-0.2, -0.15) is 0 Å². The van der Waals surface area contributed by atoms with E-state index in [0.29, 0.717) is 10.8 Å². The summed E-state index contributed by atoms with van der Waals surface area (Å²) in [5.41, 5.74) is 8.92. The first-order valence-corrected chi connectivity index (χ1v) is 8.92. The summed E-state index contributed by atoms with van der Waals surface area (Å²) in [6.07, 6.45) is -0.706. The van der Waals surface area contributed by atoms with E-state index in [0.717, 1.165) is 22.4 Å². The zero-order valence-electron chi connectivity index (χ0n) is 15.1. The number of aryl methyl sites for hydroxylation is 3. The molecular weight excluding hydrogens is 370 g/mol. The van der Waals surface area contributed by atoms with E-state index in [4.69, 9.17) is 28.6 Å². The number of amides is 1. The zero-order valence-corrected chi connectivity index (χ0v) is 16.7. The summed E-state index contributed by atoms with van der Waals surface area (Å²) in [6.45, 7) is 7.43. The lowest BCUT2D eigenvalue weighted by Crippen LogP contribution is -2.48. The molecule has 3 N–H and O–H groups in total. The maximum absolute atomic E-state index is 12.2. The van der Waals surface area contributed by atoms with E-state index in [-0.39, 0.29) is 11.0 Å². The summed E-state index contributed by atoms with van der Waals surface area (Å²) < 4.78 is 5.78. The first-order chi connectivity index (χ1) is 12.3. The lowest BCUT2D eigenvalue weighted by Gasteiger charge is -2.19. The van der Waals surface area contributed by atoms with Crippen molar-refractivity contribution in [2.45, 2.75) is 33.8 Å². The van der Waals surface area contributed by atoms with Gasteiger partial charge in [-0.05, 0) is 80.9 Å². The number of thiocarbonyl (C=S) groups is 1. The van der Waals surface area contributed by atoms with Crippen LogP contribution in [0.15, 0.2) is 36.4 Å². The molecular formula is C19H22ClN3O2S. The molecule has 26 heavy (non-hydrogen) atoms. The van der Waals surface area contributed by atoms with Gasteiger partial charge in [0.15, 0.2) is 11.2 Å². The summed E-state index contributed by atoms with van der Waals surface area (Å²) >= 11 is 11.2. The highest BCUT2D eigenvalue weighted by Crippen LogP contribution is 2.27. The molecule has 0 aliphatic rings. The molecule has 138 valence electrons. The number of halogens is 1. The normalized spacial score (nSPS) is 11.4. The number of hydrogen-bond donors (Lipinski definition) is 3. The second-order valence-corrected chi connectivity index (χ2v) is 6.91. The van der Waals surface area contributed by atoms with Crippen LogP contribution in [-0.2, 0) is 4.79 Å². The van der Waals surface area contributed by atoms with Gasteiger partial charge in [0.05, 0.1) is 0 Å². The lowest BCUT2D eigenvalue weighted by molar-refractivity contribution is -0.127. The number of hydrogen-bond acceptors (Lipinski definition) is 3. The van der Waals surface area contributed by atoms with E-state index in [1.54, 1.807) is 19.1 Å². The molecule has 0 bridgehead atoms. The van der Waals surface area contributed by atoms with Gasteiger partial charge in [-0.1, -0.05) is 23.7 Å². The van der Waals surface area contributed by atoms with Crippen molar-refractivity contribution in [3.8, 4) is 5.75 Å². The van der Waals surface area contributed by atoms with Crippen LogP contribution in [0.1, 0.15) is 23.6 Å². The van der Waals surface area contributed by atoms with Crippen molar-refractivity contribution in [1.29, 1.82) is 0 Å².